The number of aldehydes is 1. The average molecular weight is 472 g/mol. The molecular weight excluding hydrogens is 449 g/mol. The van der Waals surface area contributed by atoms with Gasteiger partial charge in [0.1, 0.15) is 11.5 Å². The van der Waals surface area contributed by atoms with E-state index in [1.54, 1.807) is 27.2 Å². The second-order valence-corrected chi connectivity index (χ2v) is 7.72. The van der Waals surface area contributed by atoms with Crippen molar-refractivity contribution in [3.8, 4) is 11.5 Å². The Morgan fingerprint density at radius 3 is 1.80 bits per heavy atom. The Bertz CT molecular complexity index is 971. The lowest BCUT2D eigenvalue weighted by molar-refractivity contribution is 0.112. The van der Waals surface area contributed by atoms with E-state index >= 15 is 4.39 Å². The number of ether oxygens (including phenoxy) is 2. The van der Waals surface area contributed by atoms with Gasteiger partial charge >= 0.3 is 0 Å². The van der Waals surface area contributed by atoms with Gasteiger partial charge in [-0.25, -0.2) is 4.39 Å². The summed E-state index contributed by atoms with van der Waals surface area (Å²) in [5, 5.41) is 0. The summed E-state index contributed by atoms with van der Waals surface area (Å²) in [6.07, 6.45) is 0.670. The summed E-state index contributed by atoms with van der Waals surface area (Å²) in [6.45, 7) is 2.77. The second-order valence-electron chi connectivity index (χ2n) is 6.92. The van der Waals surface area contributed by atoms with E-state index in [-0.39, 0.29) is 4.47 Å². The van der Waals surface area contributed by atoms with Crippen LogP contribution in [0.15, 0.2) is 59.1 Å². The molecule has 156 valence electrons. The van der Waals surface area contributed by atoms with Gasteiger partial charge in [-0.3, -0.25) is 4.79 Å². The van der Waals surface area contributed by atoms with Crippen LogP contribution in [0, 0.1) is 12.7 Å². The zero-order chi connectivity index (χ0) is 21.7. The number of nitrogens with zero attached hydrogens (tertiary/aromatic N) is 1. The molecule has 0 aliphatic heterocycles. The minimum absolute atomic E-state index is 0.182. The minimum atomic E-state index is -0.454. The minimum Gasteiger partial charge on any atom is -0.497 e. The van der Waals surface area contributed by atoms with Crippen LogP contribution < -0.4 is 14.4 Å². The van der Waals surface area contributed by atoms with Crippen LogP contribution in [0.4, 0.5) is 10.1 Å². The zero-order valence-electron chi connectivity index (χ0n) is 17.1. The smallest absolute Gasteiger partial charge is 0.161 e. The van der Waals surface area contributed by atoms with Crippen molar-refractivity contribution < 1.29 is 18.7 Å². The van der Waals surface area contributed by atoms with E-state index in [1.807, 2.05) is 53.4 Å². The summed E-state index contributed by atoms with van der Waals surface area (Å²) < 4.78 is 25.9. The molecule has 0 bridgehead atoms. The van der Waals surface area contributed by atoms with Gasteiger partial charge in [-0.15, -0.1) is 0 Å². The van der Waals surface area contributed by atoms with Crippen molar-refractivity contribution in [2.75, 3.05) is 19.1 Å². The number of benzene rings is 3. The highest BCUT2D eigenvalue weighted by Gasteiger charge is 2.19. The fourth-order valence-corrected chi connectivity index (χ4v) is 3.86. The number of anilines is 1. The van der Waals surface area contributed by atoms with Crippen molar-refractivity contribution in [2.24, 2.45) is 0 Å². The van der Waals surface area contributed by atoms with Crippen LogP contribution >= 0.6 is 15.9 Å². The van der Waals surface area contributed by atoms with Crippen LogP contribution in [0.25, 0.3) is 0 Å². The molecule has 3 aromatic rings. The molecule has 0 unspecified atom stereocenters. The molecule has 6 heteroatoms. The Labute approximate surface area is 184 Å². The zero-order valence-corrected chi connectivity index (χ0v) is 18.7. The Kier molecular flexibility index (Phi) is 7.11. The van der Waals surface area contributed by atoms with Gasteiger partial charge in [0.2, 0.25) is 0 Å². The molecule has 0 heterocycles. The number of hydrogen-bond acceptors (Lipinski definition) is 4. The molecule has 0 spiro atoms. The molecular formula is C24H23BrFNO3. The first-order valence-electron chi connectivity index (χ1n) is 9.41. The van der Waals surface area contributed by atoms with Crippen molar-refractivity contribution in [3.63, 3.8) is 0 Å². The van der Waals surface area contributed by atoms with E-state index in [0.717, 1.165) is 22.6 Å². The second kappa shape index (κ2) is 9.76. The summed E-state index contributed by atoms with van der Waals surface area (Å²) in [5.41, 5.74) is 3.48. The molecule has 4 nitrogen and oxygen atoms in total. The first-order valence-corrected chi connectivity index (χ1v) is 10.2. The van der Waals surface area contributed by atoms with Crippen molar-refractivity contribution >= 4 is 27.9 Å². The standard InChI is InChI=1S/C24H23BrFNO3/c1-16-12-22(24(26)23(25)21(16)15-28)27(13-17-4-8-19(29-2)9-5-17)14-18-6-10-20(30-3)11-7-18/h4-12,15H,13-14H2,1-3H3. The van der Waals surface area contributed by atoms with Crippen molar-refractivity contribution in [2.45, 2.75) is 20.0 Å². The number of rotatable bonds is 8. The molecule has 0 aliphatic carbocycles. The molecule has 0 saturated carbocycles. The number of halogens is 2. The number of carbonyl (C=O) groups excluding carboxylic acids is 1. The lowest BCUT2D eigenvalue weighted by Gasteiger charge is -2.27. The first kappa shape index (κ1) is 21.8. The van der Waals surface area contributed by atoms with E-state index in [9.17, 15) is 4.79 Å². The lowest BCUT2D eigenvalue weighted by Crippen LogP contribution is -2.24. The maximum absolute atomic E-state index is 15.2. The quantitative estimate of drug-likeness (QED) is 0.381. The Hall–Kier alpha value is -2.86. The van der Waals surface area contributed by atoms with Crippen LogP contribution in [0.5, 0.6) is 11.5 Å². The van der Waals surface area contributed by atoms with Crippen LogP contribution in [0.3, 0.4) is 0 Å². The lowest BCUT2D eigenvalue weighted by atomic mass is 10.1. The van der Waals surface area contributed by atoms with Gasteiger partial charge in [0.15, 0.2) is 12.1 Å². The molecule has 0 radical (unpaired) electrons. The topological polar surface area (TPSA) is 38.8 Å². The highest BCUT2D eigenvalue weighted by molar-refractivity contribution is 9.10. The maximum Gasteiger partial charge on any atom is 0.161 e. The molecule has 0 N–H and O–H groups in total. The SMILES string of the molecule is COc1ccc(CN(Cc2ccc(OC)cc2)c2cc(C)c(C=O)c(Br)c2F)cc1. The molecule has 0 fully saturated rings. The molecule has 3 rings (SSSR count). The van der Waals surface area contributed by atoms with Gasteiger partial charge in [0.05, 0.1) is 24.4 Å². The Balaban J connectivity index is 2.00. The highest BCUT2D eigenvalue weighted by Crippen LogP contribution is 2.33. The largest absolute Gasteiger partial charge is 0.497 e. The van der Waals surface area contributed by atoms with Crippen LogP contribution in [0.1, 0.15) is 27.0 Å². The van der Waals surface area contributed by atoms with Crippen LogP contribution in [-0.4, -0.2) is 20.5 Å². The number of aryl methyl sites for hydroxylation is 1. The van der Waals surface area contributed by atoms with E-state index in [0.29, 0.717) is 36.2 Å². The van der Waals surface area contributed by atoms with Crippen molar-refractivity contribution in [1.82, 2.24) is 0 Å². The molecule has 0 saturated heterocycles. The summed E-state index contributed by atoms with van der Waals surface area (Å²) >= 11 is 3.25. The van der Waals surface area contributed by atoms with Gasteiger partial charge in [-0.1, -0.05) is 24.3 Å². The molecule has 0 amide bonds. The first-order chi connectivity index (χ1) is 14.5. The number of carbonyl (C=O) groups is 1. The van der Waals surface area contributed by atoms with E-state index < -0.39 is 5.82 Å². The summed E-state index contributed by atoms with van der Waals surface area (Å²) in [6, 6.07) is 17.1. The average Bonchev–Trinajstić information content (AvgIpc) is 2.77. The van der Waals surface area contributed by atoms with E-state index in [4.69, 9.17) is 9.47 Å². The van der Waals surface area contributed by atoms with Gasteiger partial charge in [-0.2, -0.15) is 0 Å². The third kappa shape index (κ3) is 4.82. The molecule has 3 aromatic carbocycles. The predicted molar refractivity (Wildman–Crippen MR) is 120 cm³/mol. The van der Waals surface area contributed by atoms with Gasteiger partial charge in [-0.05, 0) is 69.9 Å². The third-order valence-electron chi connectivity index (χ3n) is 4.96. The van der Waals surface area contributed by atoms with Gasteiger partial charge in [0.25, 0.3) is 0 Å². The van der Waals surface area contributed by atoms with Crippen LogP contribution in [-0.2, 0) is 13.1 Å². The summed E-state index contributed by atoms with van der Waals surface area (Å²) in [4.78, 5) is 13.3. The maximum atomic E-state index is 15.2. The van der Waals surface area contributed by atoms with E-state index in [1.165, 1.54) is 0 Å². The molecule has 0 aromatic heterocycles. The predicted octanol–water partition coefficient (Wildman–Crippen LogP) is 5.93. The normalized spacial score (nSPS) is 10.6. The molecule has 0 atom stereocenters. The molecule has 30 heavy (non-hydrogen) atoms. The number of hydrogen-bond donors (Lipinski definition) is 0. The summed E-state index contributed by atoms with van der Waals surface area (Å²) in [7, 11) is 3.24. The van der Waals surface area contributed by atoms with Crippen molar-refractivity contribution in [1.29, 1.82) is 0 Å². The summed E-state index contributed by atoms with van der Waals surface area (Å²) in [5.74, 6) is 1.07. The third-order valence-corrected chi connectivity index (χ3v) is 5.73. The van der Waals surface area contributed by atoms with Gasteiger partial charge < -0.3 is 14.4 Å². The fraction of sp³-hybridized carbons (Fsp3) is 0.208. The Morgan fingerprint density at radius 2 is 1.40 bits per heavy atom. The van der Waals surface area contributed by atoms with E-state index in [2.05, 4.69) is 15.9 Å². The molecule has 0 aliphatic rings. The van der Waals surface area contributed by atoms with Crippen LogP contribution in [0.2, 0.25) is 0 Å². The van der Waals surface area contributed by atoms with Crippen molar-refractivity contribution in [3.05, 3.63) is 87.1 Å². The fourth-order valence-electron chi connectivity index (χ4n) is 3.25. The monoisotopic (exact) mass is 471 g/mol. The Morgan fingerprint density at radius 1 is 0.933 bits per heavy atom. The number of methoxy groups -OCH3 is 2. The van der Waals surface area contributed by atoms with Gasteiger partial charge in [0, 0.05) is 18.7 Å². The highest BCUT2D eigenvalue weighted by atomic mass is 79.9.